The summed E-state index contributed by atoms with van der Waals surface area (Å²) in [7, 11) is 0. The molecule has 6 nitrogen and oxygen atoms in total. The van der Waals surface area contributed by atoms with Gasteiger partial charge in [-0.3, -0.25) is 9.59 Å². The predicted molar refractivity (Wildman–Crippen MR) is 64.5 cm³/mol. The van der Waals surface area contributed by atoms with Crippen molar-refractivity contribution in [3.8, 4) is 0 Å². The van der Waals surface area contributed by atoms with Crippen LogP contribution in [0, 0.1) is 0 Å². The van der Waals surface area contributed by atoms with E-state index in [0.29, 0.717) is 18.1 Å². The minimum Gasteiger partial charge on any atom is -0.330 e. The Morgan fingerprint density at radius 1 is 1.65 bits per heavy atom. The minimum absolute atomic E-state index is 0.0545. The molecular weight excluding hydrogens is 240 g/mol. The lowest BCUT2D eigenvalue weighted by Gasteiger charge is -2.22. The maximum atomic E-state index is 12.0. The highest BCUT2D eigenvalue weighted by molar-refractivity contribution is 7.13. The molecule has 2 heterocycles. The zero-order chi connectivity index (χ0) is 12.3. The van der Waals surface area contributed by atoms with E-state index in [2.05, 4.69) is 10.3 Å². The highest BCUT2D eigenvalue weighted by Gasteiger charge is 2.33. The topological polar surface area (TPSA) is 88.3 Å². The monoisotopic (exact) mass is 254 g/mol. The second-order valence-corrected chi connectivity index (χ2v) is 4.67. The van der Waals surface area contributed by atoms with E-state index in [-0.39, 0.29) is 18.4 Å². The lowest BCUT2D eigenvalue weighted by atomic mass is 10.2. The van der Waals surface area contributed by atoms with Gasteiger partial charge in [-0.05, 0) is 12.8 Å². The van der Waals surface area contributed by atoms with Gasteiger partial charge in [0.1, 0.15) is 6.04 Å². The first kappa shape index (κ1) is 12.0. The van der Waals surface area contributed by atoms with Gasteiger partial charge in [0.15, 0.2) is 5.13 Å². The molecular formula is C10H14N4O2S. The van der Waals surface area contributed by atoms with Gasteiger partial charge in [-0.15, -0.1) is 11.3 Å². The number of amides is 2. The molecule has 0 aliphatic carbocycles. The normalized spacial score (nSPS) is 19.4. The summed E-state index contributed by atoms with van der Waals surface area (Å²) in [5, 5.41) is 5.05. The summed E-state index contributed by atoms with van der Waals surface area (Å²) in [5.74, 6) is -0.360. The quantitative estimate of drug-likeness (QED) is 0.796. The fraction of sp³-hybridized carbons (Fsp3) is 0.500. The Balaban J connectivity index is 2.01. The van der Waals surface area contributed by atoms with Gasteiger partial charge in [0, 0.05) is 18.1 Å². The third-order valence-corrected chi connectivity index (χ3v) is 3.40. The Hall–Kier alpha value is -1.47. The van der Waals surface area contributed by atoms with Crippen LogP contribution in [0.15, 0.2) is 11.6 Å². The summed E-state index contributed by atoms with van der Waals surface area (Å²) in [6.07, 6.45) is 3.14. The summed E-state index contributed by atoms with van der Waals surface area (Å²) >= 11 is 1.35. The Bertz CT molecular complexity index is 406. The second-order valence-electron chi connectivity index (χ2n) is 3.78. The molecule has 1 saturated heterocycles. The number of anilines is 1. The van der Waals surface area contributed by atoms with Gasteiger partial charge in [-0.1, -0.05) is 0 Å². The SMILES string of the molecule is NCC(=O)N1CCCC1C(=O)Nc1nccs1. The van der Waals surface area contributed by atoms with Crippen LogP contribution in [-0.4, -0.2) is 40.8 Å². The molecule has 1 fully saturated rings. The van der Waals surface area contributed by atoms with Crippen molar-refractivity contribution in [1.82, 2.24) is 9.88 Å². The number of aromatic nitrogens is 1. The molecule has 1 aliphatic heterocycles. The lowest BCUT2D eigenvalue weighted by molar-refractivity contribution is -0.135. The van der Waals surface area contributed by atoms with E-state index in [9.17, 15) is 9.59 Å². The first-order valence-corrected chi connectivity index (χ1v) is 6.30. The smallest absolute Gasteiger partial charge is 0.248 e. The minimum atomic E-state index is -0.407. The molecule has 17 heavy (non-hydrogen) atoms. The van der Waals surface area contributed by atoms with Gasteiger partial charge in [-0.25, -0.2) is 4.98 Å². The summed E-state index contributed by atoms with van der Waals surface area (Å²) in [5.41, 5.74) is 5.32. The third kappa shape index (κ3) is 2.62. The van der Waals surface area contributed by atoms with Crippen molar-refractivity contribution in [3.63, 3.8) is 0 Å². The van der Waals surface area contributed by atoms with Crippen LogP contribution >= 0.6 is 11.3 Å². The Kier molecular flexibility index (Phi) is 3.70. The molecule has 7 heteroatoms. The van der Waals surface area contributed by atoms with E-state index in [1.54, 1.807) is 16.5 Å². The molecule has 3 N–H and O–H groups in total. The summed E-state index contributed by atoms with van der Waals surface area (Å²) in [6, 6.07) is -0.407. The number of carbonyl (C=O) groups is 2. The van der Waals surface area contributed by atoms with Crippen LogP contribution in [0.4, 0.5) is 5.13 Å². The molecule has 1 unspecified atom stereocenters. The average molecular weight is 254 g/mol. The third-order valence-electron chi connectivity index (χ3n) is 2.71. The van der Waals surface area contributed by atoms with E-state index < -0.39 is 6.04 Å². The number of rotatable bonds is 3. The van der Waals surface area contributed by atoms with E-state index in [1.165, 1.54) is 11.3 Å². The molecule has 2 rings (SSSR count). The number of hydrogen-bond acceptors (Lipinski definition) is 5. The van der Waals surface area contributed by atoms with E-state index in [4.69, 9.17) is 5.73 Å². The van der Waals surface area contributed by atoms with E-state index in [0.717, 1.165) is 6.42 Å². The highest BCUT2D eigenvalue weighted by Crippen LogP contribution is 2.19. The molecule has 92 valence electrons. The maximum Gasteiger partial charge on any atom is 0.248 e. The first-order valence-electron chi connectivity index (χ1n) is 5.42. The number of carbonyl (C=O) groups excluding carboxylic acids is 2. The Morgan fingerprint density at radius 3 is 3.12 bits per heavy atom. The van der Waals surface area contributed by atoms with Crippen LogP contribution in [0.5, 0.6) is 0 Å². The van der Waals surface area contributed by atoms with Gasteiger partial charge in [0.05, 0.1) is 6.54 Å². The summed E-state index contributed by atoms with van der Waals surface area (Å²) in [4.78, 5) is 29.0. The molecule has 0 aromatic carbocycles. The van der Waals surface area contributed by atoms with E-state index in [1.807, 2.05) is 0 Å². The Labute approximate surface area is 103 Å². The standard InChI is InChI=1S/C10H14N4O2S/c11-6-8(15)14-4-1-2-7(14)9(16)13-10-12-3-5-17-10/h3,5,7H,1-2,4,6,11H2,(H,12,13,16). The zero-order valence-corrected chi connectivity index (χ0v) is 10.1. The van der Waals surface area contributed by atoms with Crippen molar-refractivity contribution >= 4 is 28.3 Å². The second kappa shape index (κ2) is 5.24. The zero-order valence-electron chi connectivity index (χ0n) is 9.26. The van der Waals surface area contributed by atoms with Crippen LogP contribution in [0.1, 0.15) is 12.8 Å². The summed E-state index contributed by atoms with van der Waals surface area (Å²) < 4.78 is 0. The molecule has 1 aliphatic rings. The van der Waals surface area contributed by atoms with Crippen LogP contribution in [-0.2, 0) is 9.59 Å². The largest absolute Gasteiger partial charge is 0.330 e. The van der Waals surface area contributed by atoms with Crippen molar-refractivity contribution in [2.45, 2.75) is 18.9 Å². The van der Waals surface area contributed by atoms with Crippen LogP contribution in [0.3, 0.4) is 0 Å². The Morgan fingerprint density at radius 2 is 2.47 bits per heavy atom. The van der Waals surface area contributed by atoms with Gasteiger partial charge in [0.2, 0.25) is 11.8 Å². The van der Waals surface area contributed by atoms with Crippen molar-refractivity contribution in [3.05, 3.63) is 11.6 Å². The summed E-state index contributed by atoms with van der Waals surface area (Å²) in [6.45, 7) is 0.549. The van der Waals surface area contributed by atoms with Crippen LogP contribution < -0.4 is 11.1 Å². The highest BCUT2D eigenvalue weighted by atomic mass is 32.1. The molecule has 0 spiro atoms. The number of hydrogen-bond donors (Lipinski definition) is 2. The lowest BCUT2D eigenvalue weighted by Crippen LogP contribution is -2.45. The van der Waals surface area contributed by atoms with Gasteiger partial charge < -0.3 is 16.0 Å². The van der Waals surface area contributed by atoms with Gasteiger partial charge in [-0.2, -0.15) is 0 Å². The molecule has 0 bridgehead atoms. The van der Waals surface area contributed by atoms with Gasteiger partial charge in [0.25, 0.3) is 0 Å². The molecule has 0 radical (unpaired) electrons. The number of nitrogens with one attached hydrogen (secondary N) is 1. The molecule has 0 saturated carbocycles. The molecule has 1 aromatic heterocycles. The average Bonchev–Trinajstić information content (AvgIpc) is 2.97. The van der Waals surface area contributed by atoms with Crippen molar-refractivity contribution in [2.75, 3.05) is 18.4 Å². The number of thiazole rings is 1. The van der Waals surface area contributed by atoms with Crippen molar-refractivity contribution in [2.24, 2.45) is 5.73 Å². The van der Waals surface area contributed by atoms with Gasteiger partial charge >= 0.3 is 0 Å². The molecule has 2 amide bonds. The van der Waals surface area contributed by atoms with Crippen molar-refractivity contribution in [1.29, 1.82) is 0 Å². The molecule has 1 atom stereocenters. The number of nitrogens with zero attached hydrogens (tertiary/aromatic N) is 2. The maximum absolute atomic E-state index is 12.0. The number of likely N-dealkylation sites (tertiary alicyclic amines) is 1. The van der Waals surface area contributed by atoms with Crippen LogP contribution in [0.2, 0.25) is 0 Å². The predicted octanol–water partition coefficient (Wildman–Crippen LogP) is 0.0313. The fourth-order valence-corrected chi connectivity index (χ4v) is 2.46. The van der Waals surface area contributed by atoms with Crippen molar-refractivity contribution < 1.29 is 9.59 Å². The first-order chi connectivity index (χ1) is 8.22. The van der Waals surface area contributed by atoms with E-state index >= 15 is 0 Å². The van der Waals surface area contributed by atoms with Crippen LogP contribution in [0.25, 0.3) is 0 Å². The number of nitrogens with two attached hydrogens (primary N) is 1. The molecule has 1 aromatic rings. The fourth-order valence-electron chi connectivity index (χ4n) is 1.93.